The van der Waals surface area contributed by atoms with Gasteiger partial charge in [-0.15, -0.1) is 0 Å². The second-order valence-corrected chi connectivity index (χ2v) is 6.38. The molecule has 1 fully saturated rings. The second kappa shape index (κ2) is 6.55. The van der Waals surface area contributed by atoms with Crippen LogP contribution in [0.2, 0.25) is 0 Å². The highest BCUT2D eigenvalue weighted by Gasteiger charge is 2.39. The molecule has 1 aliphatic heterocycles. The molecule has 1 aliphatic rings. The number of Topliss-reactive ketones (excluding diaryl/α,β-unsaturated/α-hetero) is 1. The molecule has 6 nitrogen and oxygen atoms in total. The lowest BCUT2D eigenvalue weighted by Crippen LogP contribution is -2.36. The predicted molar refractivity (Wildman–Crippen MR) is 93.4 cm³/mol. The molecule has 25 heavy (non-hydrogen) atoms. The van der Waals surface area contributed by atoms with Crippen molar-refractivity contribution in [3.05, 3.63) is 58.9 Å². The number of amides is 3. The Balaban J connectivity index is 1.72. The fourth-order valence-corrected chi connectivity index (χ4v) is 3.08. The summed E-state index contributed by atoms with van der Waals surface area (Å²) in [6, 6.07) is 10.1. The molecule has 1 N–H and O–H groups in total. The number of hydrogen-bond acceptors (Lipinski definition) is 3. The van der Waals surface area contributed by atoms with E-state index in [0.717, 1.165) is 21.9 Å². The first kappa shape index (κ1) is 17.0. The van der Waals surface area contributed by atoms with Crippen LogP contribution in [0.5, 0.6) is 0 Å². The van der Waals surface area contributed by atoms with Crippen molar-refractivity contribution in [1.29, 1.82) is 0 Å². The van der Waals surface area contributed by atoms with Crippen LogP contribution >= 0.6 is 0 Å². The molecule has 130 valence electrons. The van der Waals surface area contributed by atoms with Gasteiger partial charge in [0.25, 0.3) is 5.91 Å². The van der Waals surface area contributed by atoms with Crippen LogP contribution in [0.25, 0.3) is 0 Å². The zero-order valence-corrected chi connectivity index (χ0v) is 14.6. The van der Waals surface area contributed by atoms with Gasteiger partial charge in [-0.05, 0) is 25.5 Å². The number of carbonyl (C=O) groups excluding carboxylic acids is 3. The molecule has 3 amide bonds. The molecule has 6 heteroatoms. The summed E-state index contributed by atoms with van der Waals surface area (Å²) in [4.78, 5) is 38.2. The van der Waals surface area contributed by atoms with Gasteiger partial charge in [0.05, 0.1) is 6.54 Å². The van der Waals surface area contributed by atoms with Crippen LogP contribution in [-0.2, 0) is 18.3 Å². The van der Waals surface area contributed by atoms with E-state index in [1.807, 2.05) is 55.8 Å². The fraction of sp³-hybridized carbons (Fsp3) is 0.316. The molecule has 0 radical (unpaired) electrons. The average molecular weight is 339 g/mol. The number of hydrogen-bond donors (Lipinski definition) is 1. The van der Waals surface area contributed by atoms with Gasteiger partial charge in [-0.3, -0.25) is 14.5 Å². The lowest BCUT2D eigenvalue weighted by atomic mass is 10.1. The summed E-state index contributed by atoms with van der Waals surface area (Å²) in [6.45, 7) is 3.53. The standard InChI is InChI=1S/C19H21N3O3/c1-12-9-15(13(2)21(12)3)17(23)11-22-18(24)16(20-19(22)25)10-14-7-5-4-6-8-14/h4-9,16H,10-11H2,1-3H3,(H,20,25)/t16-/m0/s1. The van der Waals surface area contributed by atoms with E-state index in [-0.39, 0.29) is 18.2 Å². The van der Waals surface area contributed by atoms with Gasteiger partial charge in [0.1, 0.15) is 6.04 Å². The van der Waals surface area contributed by atoms with Crippen molar-refractivity contribution in [1.82, 2.24) is 14.8 Å². The van der Waals surface area contributed by atoms with Crippen molar-refractivity contribution in [3.63, 3.8) is 0 Å². The fourth-order valence-electron chi connectivity index (χ4n) is 3.08. The maximum atomic E-state index is 12.6. The van der Waals surface area contributed by atoms with Crippen LogP contribution in [0.15, 0.2) is 36.4 Å². The minimum atomic E-state index is -0.624. The number of nitrogens with one attached hydrogen (secondary N) is 1. The van der Waals surface area contributed by atoms with Crippen LogP contribution < -0.4 is 5.32 Å². The van der Waals surface area contributed by atoms with E-state index in [1.165, 1.54) is 0 Å². The van der Waals surface area contributed by atoms with Gasteiger partial charge in [0.15, 0.2) is 5.78 Å². The maximum Gasteiger partial charge on any atom is 0.325 e. The SMILES string of the molecule is Cc1cc(C(=O)CN2C(=O)N[C@@H](Cc3ccccc3)C2=O)c(C)n1C. The van der Waals surface area contributed by atoms with Crippen LogP contribution in [0.4, 0.5) is 4.79 Å². The summed E-state index contributed by atoms with van der Waals surface area (Å²) in [5.41, 5.74) is 3.30. The van der Waals surface area contributed by atoms with Crippen molar-refractivity contribution in [2.24, 2.45) is 7.05 Å². The van der Waals surface area contributed by atoms with E-state index in [0.29, 0.717) is 12.0 Å². The number of ketones is 1. The lowest BCUT2D eigenvalue weighted by molar-refractivity contribution is -0.127. The Bertz CT molecular complexity index is 839. The number of imide groups is 1. The third-order valence-electron chi connectivity index (χ3n) is 4.77. The smallest absolute Gasteiger partial charge is 0.325 e. The first-order valence-corrected chi connectivity index (χ1v) is 8.20. The van der Waals surface area contributed by atoms with Crippen molar-refractivity contribution in [2.75, 3.05) is 6.54 Å². The molecule has 0 aliphatic carbocycles. The van der Waals surface area contributed by atoms with E-state index in [2.05, 4.69) is 5.32 Å². The van der Waals surface area contributed by atoms with Gasteiger partial charge >= 0.3 is 6.03 Å². The number of urea groups is 1. The molecular weight excluding hydrogens is 318 g/mol. The zero-order valence-electron chi connectivity index (χ0n) is 14.6. The van der Waals surface area contributed by atoms with Crippen LogP contribution in [0, 0.1) is 13.8 Å². The molecule has 0 saturated carbocycles. The third-order valence-corrected chi connectivity index (χ3v) is 4.77. The minimum Gasteiger partial charge on any atom is -0.351 e. The van der Waals surface area contributed by atoms with Gasteiger partial charge in [-0.2, -0.15) is 0 Å². The van der Waals surface area contributed by atoms with Crippen molar-refractivity contribution in [3.8, 4) is 0 Å². The monoisotopic (exact) mass is 339 g/mol. The molecular formula is C19H21N3O3. The zero-order chi connectivity index (χ0) is 18.1. The summed E-state index contributed by atoms with van der Waals surface area (Å²) >= 11 is 0. The Hall–Kier alpha value is -2.89. The normalized spacial score (nSPS) is 17.1. The summed E-state index contributed by atoms with van der Waals surface area (Å²) in [6.07, 6.45) is 0.416. The van der Waals surface area contributed by atoms with E-state index in [1.54, 1.807) is 6.07 Å². The maximum absolute atomic E-state index is 12.6. The van der Waals surface area contributed by atoms with Crippen LogP contribution in [-0.4, -0.2) is 39.8 Å². The summed E-state index contributed by atoms with van der Waals surface area (Å²) < 4.78 is 1.91. The molecule has 3 rings (SSSR count). The Labute approximate surface area is 146 Å². The molecule has 2 aromatic rings. The second-order valence-electron chi connectivity index (χ2n) is 6.38. The molecule has 0 unspecified atom stereocenters. The summed E-state index contributed by atoms with van der Waals surface area (Å²) in [7, 11) is 1.88. The van der Waals surface area contributed by atoms with Gasteiger partial charge in [0, 0.05) is 30.4 Å². The first-order valence-electron chi connectivity index (χ1n) is 8.20. The number of nitrogens with zero attached hydrogens (tertiary/aromatic N) is 2. The van der Waals surface area contributed by atoms with Crippen LogP contribution in [0.1, 0.15) is 27.3 Å². The lowest BCUT2D eigenvalue weighted by Gasteiger charge is -2.12. The van der Waals surface area contributed by atoms with Gasteiger partial charge in [-0.1, -0.05) is 30.3 Å². The van der Waals surface area contributed by atoms with Gasteiger partial charge in [0.2, 0.25) is 0 Å². The molecule has 1 aromatic carbocycles. The Kier molecular flexibility index (Phi) is 4.44. The topological polar surface area (TPSA) is 71.4 Å². The molecule has 1 atom stereocenters. The molecule has 0 spiro atoms. The van der Waals surface area contributed by atoms with Crippen molar-refractivity contribution in [2.45, 2.75) is 26.3 Å². The van der Waals surface area contributed by atoms with Crippen molar-refractivity contribution < 1.29 is 14.4 Å². The van der Waals surface area contributed by atoms with E-state index >= 15 is 0 Å². The number of aromatic nitrogens is 1. The Morgan fingerprint density at radius 1 is 1.16 bits per heavy atom. The van der Waals surface area contributed by atoms with Gasteiger partial charge in [-0.25, -0.2) is 4.79 Å². The summed E-state index contributed by atoms with van der Waals surface area (Å²) in [5, 5.41) is 2.67. The molecule has 0 bridgehead atoms. The molecule has 1 saturated heterocycles. The summed E-state index contributed by atoms with van der Waals surface area (Å²) in [5.74, 6) is -0.586. The van der Waals surface area contributed by atoms with Crippen molar-refractivity contribution >= 4 is 17.7 Å². The number of rotatable bonds is 5. The average Bonchev–Trinajstić information content (AvgIpc) is 3.00. The van der Waals surface area contributed by atoms with E-state index in [9.17, 15) is 14.4 Å². The van der Waals surface area contributed by atoms with E-state index in [4.69, 9.17) is 0 Å². The highest BCUT2D eigenvalue weighted by molar-refractivity contribution is 6.09. The Morgan fingerprint density at radius 3 is 2.44 bits per heavy atom. The predicted octanol–water partition coefficient (Wildman–Crippen LogP) is 1.99. The first-order chi connectivity index (χ1) is 11.9. The third kappa shape index (κ3) is 3.20. The van der Waals surface area contributed by atoms with E-state index < -0.39 is 12.1 Å². The minimum absolute atomic E-state index is 0.231. The Morgan fingerprint density at radius 2 is 1.84 bits per heavy atom. The molecule has 1 aromatic heterocycles. The largest absolute Gasteiger partial charge is 0.351 e. The number of benzene rings is 1. The van der Waals surface area contributed by atoms with Crippen LogP contribution in [0.3, 0.4) is 0 Å². The quantitative estimate of drug-likeness (QED) is 0.669. The number of carbonyl (C=O) groups is 3. The number of aryl methyl sites for hydroxylation is 1. The highest BCUT2D eigenvalue weighted by atomic mass is 16.2. The molecule has 2 heterocycles. The van der Waals surface area contributed by atoms with Gasteiger partial charge < -0.3 is 9.88 Å². The highest BCUT2D eigenvalue weighted by Crippen LogP contribution is 2.17.